The van der Waals surface area contributed by atoms with Crippen LogP contribution in [0.3, 0.4) is 0 Å². The third-order valence-electron chi connectivity index (χ3n) is 3.55. The van der Waals surface area contributed by atoms with Crippen molar-refractivity contribution < 1.29 is 9.47 Å². The highest BCUT2D eigenvalue weighted by molar-refractivity contribution is 6.30. The average molecular weight is 330 g/mol. The first-order valence-corrected chi connectivity index (χ1v) is 7.33. The van der Waals surface area contributed by atoms with Gasteiger partial charge in [-0.1, -0.05) is 23.7 Å². The summed E-state index contributed by atoms with van der Waals surface area (Å²) in [6.45, 7) is 0. The van der Waals surface area contributed by atoms with Crippen molar-refractivity contribution in [1.29, 1.82) is 0 Å². The molecule has 0 radical (unpaired) electrons. The van der Waals surface area contributed by atoms with Gasteiger partial charge in [-0.25, -0.2) is 4.68 Å². The molecule has 1 aromatic heterocycles. The van der Waals surface area contributed by atoms with Crippen molar-refractivity contribution in [3.8, 4) is 28.3 Å². The van der Waals surface area contributed by atoms with Gasteiger partial charge in [-0.2, -0.15) is 5.10 Å². The molecule has 23 heavy (non-hydrogen) atoms. The van der Waals surface area contributed by atoms with Crippen molar-refractivity contribution in [3.05, 3.63) is 53.7 Å². The van der Waals surface area contributed by atoms with E-state index in [0.29, 0.717) is 22.3 Å². The van der Waals surface area contributed by atoms with E-state index in [1.165, 1.54) is 0 Å². The van der Waals surface area contributed by atoms with Crippen LogP contribution in [-0.4, -0.2) is 24.0 Å². The monoisotopic (exact) mass is 329 g/mol. The molecule has 0 aliphatic rings. The summed E-state index contributed by atoms with van der Waals surface area (Å²) in [5.74, 6) is 1.83. The van der Waals surface area contributed by atoms with Crippen molar-refractivity contribution in [1.82, 2.24) is 9.78 Å². The molecule has 0 bridgehead atoms. The van der Waals surface area contributed by atoms with E-state index in [1.54, 1.807) is 31.2 Å². The fourth-order valence-electron chi connectivity index (χ4n) is 2.40. The first kappa shape index (κ1) is 15.2. The van der Waals surface area contributed by atoms with Crippen LogP contribution in [0, 0.1) is 0 Å². The summed E-state index contributed by atoms with van der Waals surface area (Å²) < 4.78 is 12.2. The van der Waals surface area contributed by atoms with Crippen LogP contribution < -0.4 is 15.2 Å². The van der Waals surface area contributed by atoms with Gasteiger partial charge in [0.1, 0.15) is 5.82 Å². The summed E-state index contributed by atoms with van der Waals surface area (Å²) in [4.78, 5) is 0. The van der Waals surface area contributed by atoms with Gasteiger partial charge in [0.05, 0.1) is 26.1 Å². The SMILES string of the molecule is COc1ccc(-c2cnn(-c3cccc(Cl)c3)c2N)cc1OC. The Kier molecular flexibility index (Phi) is 4.12. The molecule has 6 heteroatoms. The van der Waals surface area contributed by atoms with E-state index in [1.807, 2.05) is 36.4 Å². The second-order valence-corrected chi connectivity index (χ2v) is 5.34. The molecule has 0 aliphatic heterocycles. The summed E-state index contributed by atoms with van der Waals surface area (Å²) in [6, 6.07) is 13.0. The lowest BCUT2D eigenvalue weighted by atomic mass is 10.1. The molecule has 0 spiro atoms. The molecule has 0 unspecified atom stereocenters. The predicted octanol–water partition coefficient (Wildman–Crippen LogP) is 3.79. The first-order chi connectivity index (χ1) is 11.1. The lowest BCUT2D eigenvalue weighted by molar-refractivity contribution is 0.355. The normalized spacial score (nSPS) is 10.6. The molecule has 0 aliphatic carbocycles. The maximum atomic E-state index is 6.26. The van der Waals surface area contributed by atoms with E-state index >= 15 is 0 Å². The Balaban J connectivity index is 2.06. The fourth-order valence-corrected chi connectivity index (χ4v) is 2.58. The molecule has 2 N–H and O–H groups in total. The number of rotatable bonds is 4. The molecule has 3 aromatic rings. The number of anilines is 1. The molecule has 0 saturated carbocycles. The van der Waals surface area contributed by atoms with Crippen LogP contribution in [0.4, 0.5) is 5.82 Å². The van der Waals surface area contributed by atoms with E-state index < -0.39 is 0 Å². The Labute approximate surface area is 139 Å². The van der Waals surface area contributed by atoms with Gasteiger partial charge < -0.3 is 15.2 Å². The second-order valence-electron chi connectivity index (χ2n) is 4.90. The van der Waals surface area contributed by atoms with E-state index in [9.17, 15) is 0 Å². The van der Waals surface area contributed by atoms with Crippen LogP contribution in [0.15, 0.2) is 48.7 Å². The van der Waals surface area contributed by atoms with Crippen molar-refractivity contribution >= 4 is 17.4 Å². The maximum absolute atomic E-state index is 6.26. The third kappa shape index (κ3) is 2.83. The van der Waals surface area contributed by atoms with Gasteiger partial charge in [0.25, 0.3) is 0 Å². The third-order valence-corrected chi connectivity index (χ3v) is 3.79. The zero-order valence-corrected chi connectivity index (χ0v) is 13.5. The molecule has 118 valence electrons. The number of ether oxygens (including phenoxy) is 2. The Bertz CT molecular complexity index is 846. The Morgan fingerprint density at radius 1 is 1.04 bits per heavy atom. The molecule has 5 nitrogen and oxygen atoms in total. The Morgan fingerprint density at radius 3 is 2.52 bits per heavy atom. The van der Waals surface area contributed by atoms with Gasteiger partial charge in [0.15, 0.2) is 11.5 Å². The zero-order valence-electron chi connectivity index (χ0n) is 12.8. The number of nitrogens with two attached hydrogens (primary N) is 1. The second kappa shape index (κ2) is 6.22. The molecule has 0 amide bonds. The van der Waals surface area contributed by atoms with Gasteiger partial charge >= 0.3 is 0 Å². The topological polar surface area (TPSA) is 62.3 Å². The Hall–Kier alpha value is -2.66. The molecule has 0 atom stereocenters. The highest BCUT2D eigenvalue weighted by Crippen LogP contribution is 2.35. The Morgan fingerprint density at radius 2 is 1.83 bits per heavy atom. The molecule has 1 heterocycles. The summed E-state index contributed by atoms with van der Waals surface area (Å²) in [7, 11) is 3.20. The predicted molar refractivity (Wildman–Crippen MR) is 91.5 cm³/mol. The number of methoxy groups -OCH3 is 2. The molecular weight excluding hydrogens is 314 g/mol. The van der Waals surface area contributed by atoms with E-state index in [0.717, 1.165) is 16.8 Å². The van der Waals surface area contributed by atoms with Crippen molar-refractivity contribution in [2.24, 2.45) is 0 Å². The molecule has 2 aromatic carbocycles. The van der Waals surface area contributed by atoms with Crippen LogP contribution in [-0.2, 0) is 0 Å². The van der Waals surface area contributed by atoms with Crippen LogP contribution in [0.1, 0.15) is 0 Å². The molecular formula is C17H16ClN3O2. The first-order valence-electron chi connectivity index (χ1n) is 6.96. The number of hydrogen-bond donors (Lipinski definition) is 1. The van der Waals surface area contributed by atoms with E-state index in [2.05, 4.69) is 5.10 Å². The number of nitrogen functional groups attached to an aromatic ring is 1. The quantitative estimate of drug-likeness (QED) is 0.791. The highest BCUT2D eigenvalue weighted by Gasteiger charge is 2.13. The van der Waals surface area contributed by atoms with Gasteiger partial charge in [-0.15, -0.1) is 0 Å². The highest BCUT2D eigenvalue weighted by atomic mass is 35.5. The largest absolute Gasteiger partial charge is 0.493 e. The van der Waals surface area contributed by atoms with Crippen molar-refractivity contribution in [2.75, 3.05) is 20.0 Å². The summed E-state index contributed by atoms with van der Waals surface area (Å²) >= 11 is 6.03. The minimum absolute atomic E-state index is 0.527. The average Bonchev–Trinajstić information content (AvgIpc) is 2.95. The number of benzene rings is 2. The number of nitrogens with zero attached hydrogens (tertiary/aromatic N) is 2. The lowest BCUT2D eigenvalue weighted by Crippen LogP contribution is -2.02. The van der Waals surface area contributed by atoms with Gasteiger partial charge in [0.2, 0.25) is 0 Å². The summed E-state index contributed by atoms with van der Waals surface area (Å²) in [5.41, 5.74) is 8.78. The maximum Gasteiger partial charge on any atom is 0.161 e. The number of aromatic nitrogens is 2. The minimum atomic E-state index is 0.527. The van der Waals surface area contributed by atoms with Crippen LogP contribution in [0.25, 0.3) is 16.8 Å². The van der Waals surface area contributed by atoms with Gasteiger partial charge in [-0.3, -0.25) is 0 Å². The molecule has 3 rings (SSSR count). The minimum Gasteiger partial charge on any atom is -0.493 e. The van der Waals surface area contributed by atoms with Crippen molar-refractivity contribution in [2.45, 2.75) is 0 Å². The molecule has 0 saturated heterocycles. The number of hydrogen-bond acceptors (Lipinski definition) is 4. The standard InChI is InChI=1S/C17H16ClN3O2/c1-22-15-7-6-11(8-16(15)23-2)14-10-20-21(17(14)19)13-5-3-4-12(18)9-13/h3-10H,19H2,1-2H3. The molecule has 0 fully saturated rings. The smallest absolute Gasteiger partial charge is 0.161 e. The lowest BCUT2D eigenvalue weighted by Gasteiger charge is -2.10. The summed E-state index contributed by atoms with van der Waals surface area (Å²) in [6.07, 6.45) is 1.72. The van der Waals surface area contributed by atoms with Crippen LogP contribution >= 0.6 is 11.6 Å². The summed E-state index contributed by atoms with van der Waals surface area (Å²) in [5, 5.41) is 4.99. The zero-order chi connectivity index (χ0) is 16.4. The van der Waals surface area contributed by atoms with Gasteiger partial charge in [0, 0.05) is 10.6 Å². The number of halogens is 1. The van der Waals surface area contributed by atoms with E-state index in [-0.39, 0.29) is 0 Å². The van der Waals surface area contributed by atoms with Crippen LogP contribution in [0.2, 0.25) is 5.02 Å². The van der Waals surface area contributed by atoms with Crippen molar-refractivity contribution in [3.63, 3.8) is 0 Å². The van der Waals surface area contributed by atoms with E-state index in [4.69, 9.17) is 26.8 Å². The van der Waals surface area contributed by atoms with Crippen LogP contribution in [0.5, 0.6) is 11.5 Å². The fraction of sp³-hybridized carbons (Fsp3) is 0.118. The van der Waals surface area contributed by atoms with Gasteiger partial charge in [-0.05, 0) is 35.9 Å².